The topological polar surface area (TPSA) is 166 Å². The smallest absolute Gasteiger partial charge is 0.315 e. The number of carbonyl (C=O) groups is 6. The number of rotatable bonds is 14. The molecule has 13 nitrogen and oxygen atoms in total. The van der Waals surface area contributed by atoms with Gasteiger partial charge in [-0.2, -0.15) is 0 Å². The molecule has 1 unspecified atom stereocenters. The maximum absolute atomic E-state index is 14.8. The lowest BCUT2D eigenvalue weighted by Crippen LogP contribution is -2.61. The first kappa shape index (κ1) is 40.3. The molecule has 0 aromatic heterocycles. The molecule has 4 aliphatic rings. The summed E-state index contributed by atoms with van der Waals surface area (Å²) in [6.45, 7) is 16.7. The fourth-order valence-corrected chi connectivity index (χ4v) is 8.24. The molecule has 3 heterocycles. The van der Waals surface area contributed by atoms with Crippen LogP contribution in [0.3, 0.4) is 0 Å². The molecular formula is C38H62N6O7. The van der Waals surface area contributed by atoms with Crippen molar-refractivity contribution in [2.45, 2.75) is 148 Å². The van der Waals surface area contributed by atoms with Gasteiger partial charge in [-0.25, -0.2) is 4.79 Å². The number of nitrogens with one attached hydrogen (secondary N) is 4. The molecule has 3 aliphatic heterocycles. The maximum Gasteiger partial charge on any atom is 0.315 e. The Morgan fingerprint density at radius 1 is 1.02 bits per heavy atom. The summed E-state index contributed by atoms with van der Waals surface area (Å²) in [4.78, 5) is 84.6. The average Bonchev–Trinajstić information content (AvgIpc) is 3.57. The van der Waals surface area contributed by atoms with Crippen molar-refractivity contribution in [3.63, 3.8) is 0 Å². The molecule has 4 N–H and O–H groups in total. The van der Waals surface area contributed by atoms with Crippen LogP contribution in [0, 0.1) is 17.3 Å². The van der Waals surface area contributed by atoms with Gasteiger partial charge in [-0.1, -0.05) is 59.5 Å². The number of ether oxygens (including phenoxy) is 1. The van der Waals surface area contributed by atoms with Crippen LogP contribution in [0.4, 0.5) is 4.79 Å². The Morgan fingerprint density at radius 2 is 1.73 bits per heavy atom. The van der Waals surface area contributed by atoms with E-state index in [1.54, 1.807) is 4.90 Å². The summed E-state index contributed by atoms with van der Waals surface area (Å²) in [5, 5.41) is 11.5. The van der Waals surface area contributed by atoms with E-state index in [1.807, 2.05) is 46.4 Å². The molecule has 0 aromatic rings. The maximum atomic E-state index is 14.8. The predicted octanol–water partition coefficient (Wildman–Crippen LogP) is 3.21. The van der Waals surface area contributed by atoms with Crippen molar-refractivity contribution in [3.05, 3.63) is 12.7 Å². The highest BCUT2D eigenvalue weighted by atomic mass is 16.5. The molecular weight excluding hydrogens is 652 g/mol. The SMILES string of the molecule is C=CCNC(=O)C(=O)C(CCC)NC(=O)[C@@H]1[C@H]2CC(C)(C)O[C@H]2CN1C(=O)[C@@H](NC(=O)N[C@H](CN1CCCCC1=O)C(C)(C)C)C1CCCCC1. The molecule has 3 saturated heterocycles. The minimum Gasteiger partial charge on any atom is -0.370 e. The van der Waals surface area contributed by atoms with Crippen molar-refractivity contribution < 1.29 is 33.5 Å². The Labute approximate surface area is 303 Å². The van der Waals surface area contributed by atoms with Gasteiger partial charge in [-0.05, 0) is 63.7 Å². The van der Waals surface area contributed by atoms with Crippen molar-refractivity contribution in [2.75, 3.05) is 26.2 Å². The molecule has 1 aliphatic carbocycles. The standard InChI is InChI=1S/C38H62N6O7/c1-8-15-26(32(46)34(48)39-19-9-2)40-33(47)31-25-21-38(6,7)51-27(25)22-44(31)35(49)30(24-16-11-10-12-17-24)42-36(50)41-28(37(3,4)5)23-43-20-14-13-18-29(43)45/h9,24-28,30-31H,2,8,10-23H2,1,3-7H3,(H,39,48)(H,40,47)(H2,41,42,50)/t25-,26?,27-,28+,30-,31-/m0/s1. The van der Waals surface area contributed by atoms with Crippen LogP contribution in [-0.2, 0) is 28.7 Å². The Hall–Kier alpha value is -3.48. The monoisotopic (exact) mass is 714 g/mol. The van der Waals surface area contributed by atoms with Gasteiger partial charge in [0, 0.05) is 38.5 Å². The van der Waals surface area contributed by atoms with Crippen molar-refractivity contribution in [1.29, 1.82) is 0 Å². The van der Waals surface area contributed by atoms with Crippen LogP contribution in [0.2, 0.25) is 0 Å². The zero-order chi connectivity index (χ0) is 37.5. The Balaban J connectivity index is 1.58. The lowest BCUT2D eigenvalue weighted by atomic mass is 9.83. The van der Waals surface area contributed by atoms with Crippen molar-refractivity contribution >= 4 is 35.4 Å². The van der Waals surface area contributed by atoms with Gasteiger partial charge in [0.1, 0.15) is 12.1 Å². The van der Waals surface area contributed by atoms with Crippen molar-refractivity contribution in [1.82, 2.24) is 31.1 Å². The summed E-state index contributed by atoms with van der Waals surface area (Å²) < 4.78 is 6.35. The number of Topliss-reactive ketones (excluding diaryl/α,β-unsaturated/α-hetero) is 1. The fraction of sp³-hybridized carbons (Fsp3) is 0.789. The molecule has 4 rings (SSSR count). The Kier molecular flexibility index (Phi) is 13.7. The van der Waals surface area contributed by atoms with Gasteiger partial charge >= 0.3 is 6.03 Å². The first-order valence-corrected chi connectivity index (χ1v) is 19.1. The normalized spacial score (nSPS) is 25.3. The fourth-order valence-electron chi connectivity index (χ4n) is 8.24. The van der Waals surface area contributed by atoms with E-state index >= 15 is 0 Å². The number of likely N-dealkylation sites (tertiary alicyclic amines) is 2. The van der Waals surface area contributed by atoms with Gasteiger partial charge in [-0.15, -0.1) is 6.58 Å². The number of urea groups is 1. The first-order chi connectivity index (χ1) is 24.1. The summed E-state index contributed by atoms with van der Waals surface area (Å²) in [5.41, 5.74) is -0.876. The first-order valence-electron chi connectivity index (χ1n) is 19.1. The summed E-state index contributed by atoms with van der Waals surface area (Å²) in [5.74, 6) is -2.78. The van der Waals surface area contributed by atoms with Gasteiger partial charge < -0.3 is 35.8 Å². The van der Waals surface area contributed by atoms with E-state index in [0.717, 1.165) is 44.9 Å². The number of piperidine rings is 1. The molecule has 6 amide bonds. The molecule has 4 fully saturated rings. The lowest BCUT2D eigenvalue weighted by molar-refractivity contribution is -0.144. The number of amides is 6. The van der Waals surface area contributed by atoms with E-state index in [2.05, 4.69) is 27.8 Å². The highest BCUT2D eigenvalue weighted by Gasteiger charge is 2.56. The quantitative estimate of drug-likeness (QED) is 0.158. The predicted molar refractivity (Wildman–Crippen MR) is 193 cm³/mol. The van der Waals surface area contributed by atoms with Gasteiger partial charge in [-0.3, -0.25) is 24.0 Å². The van der Waals surface area contributed by atoms with Gasteiger partial charge in [0.2, 0.25) is 23.5 Å². The number of fused-ring (bicyclic) bond motifs is 1. The number of nitrogens with zero attached hydrogens (tertiary/aromatic N) is 2. The second kappa shape index (κ2) is 17.4. The molecule has 286 valence electrons. The molecule has 13 heteroatoms. The third-order valence-corrected chi connectivity index (χ3v) is 11.0. The molecule has 51 heavy (non-hydrogen) atoms. The number of ketones is 1. The highest BCUT2D eigenvalue weighted by molar-refractivity contribution is 6.38. The summed E-state index contributed by atoms with van der Waals surface area (Å²) in [6.07, 6.45) is 9.13. The van der Waals surface area contributed by atoms with Crippen LogP contribution in [-0.4, -0.2) is 107 Å². The molecule has 6 atom stereocenters. The van der Waals surface area contributed by atoms with Gasteiger partial charge in [0.05, 0.1) is 23.8 Å². The van der Waals surface area contributed by atoms with Crippen LogP contribution in [0.25, 0.3) is 0 Å². The summed E-state index contributed by atoms with van der Waals surface area (Å²) in [6, 6.07) is -3.74. The van der Waals surface area contributed by atoms with Gasteiger partial charge in [0.15, 0.2) is 0 Å². The van der Waals surface area contributed by atoms with Crippen LogP contribution < -0.4 is 21.3 Å². The van der Waals surface area contributed by atoms with Crippen LogP contribution in [0.1, 0.15) is 112 Å². The summed E-state index contributed by atoms with van der Waals surface area (Å²) >= 11 is 0. The summed E-state index contributed by atoms with van der Waals surface area (Å²) in [7, 11) is 0. The molecule has 0 aromatic carbocycles. The second-order valence-electron chi connectivity index (χ2n) is 16.6. The van der Waals surface area contributed by atoms with Crippen molar-refractivity contribution in [3.8, 4) is 0 Å². The highest BCUT2D eigenvalue weighted by Crippen LogP contribution is 2.43. The van der Waals surface area contributed by atoms with E-state index in [0.29, 0.717) is 32.4 Å². The zero-order valence-corrected chi connectivity index (χ0v) is 31.7. The molecule has 1 saturated carbocycles. The van der Waals surface area contributed by atoms with E-state index < -0.39 is 53.5 Å². The van der Waals surface area contributed by atoms with E-state index in [-0.39, 0.29) is 54.6 Å². The Bertz CT molecular complexity index is 1310. The largest absolute Gasteiger partial charge is 0.370 e. The average molecular weight is 715 g/mol. The second-order valence-corrected chi connectivity index (χ2v) is 16.6. The molecule has 0 radical (unpaired) electrons. The van der Waals surface area contributed by atoms with Crippen LogP contribution in [0.15, 0.2) is 12.7 Å². The third kappa shape index (κ3) is 10.3. The van der Waals surface area contributed by atoms with E-state index in [4.69, 9.17) is 4.74 Å². The molecule has 0 bridgehead atoms. The minimum atomic E-state index is -1.06. The number of hydrogen-bond acceptors (Lipinski definition) is 7. The van der Waals surface area contributed by atoms with E-state index in [9.17, 15) is 28.8 Å². The van der Waals surface area contributed by atoms with Gasteiger partial charge in [0.25, 0.3) is 5.91 Å². The minimum absolute atomic E-state index is 0.0857. The van der Waals surface area contributed by atoms with Crippen molar-refractivity contribution in [2.24, 2.45) is 17.3 Å². The zero-order valence-electron chi connectivity index (χ0n) is 31.7. The Morgan fingerprint density at radius 3 is 2.35 bits per heavy atom. The van der Waals surface area contributed by atoms with Crippen LogP contribution in [0.5, 0.6) is 0 Å². The lowest BCUT2D eigenvalue weighted by Gasteiger charge is -2.39. The number of hydrogen-bond donors (Lipinski definition) is 4. The van der Waals surface area contributed by atoms with E-state index in [1.165, 1.54) is 6.08 Å². The van der Waals surface area contributed by atoms with Crippen LogP contribution >= 0.6 is 0 Å². The third-order valence-electron chi connectivity index (χ3n) is 11.0. The molecule has 0 spiro atoms. The number of carbonyl (C=O) groups excluding carboxylic acids is 6.